The molecule has 0 saturated heterocycles. The first kappa shape index (κ1) is 16.5. The molecule has 0 amide bonds. The molecule has 0 bridgehead atoms. The maximum absolute atomic E-state index is 6.36. The van der Waals surface area contributed by atoms with Crippen LogP contribution in [0.4, 0.5) is 5.69 Å². The van der Waals surface area contributed by atoms with Gasteiger partial charge in [0.1, 0.15) is 0 Å². The number of nitrogens with zero attached hydrogens (tertiary/aromatic N) is 2. The minimum absolute atomic E-state index is 0.280. The number of benzene rings is 2. The number of aromatic nitrogens is 1. The predicted molar refractivity (Wildman–Crippen MR) is 103 cm³/mol. The molecule has 0 radical (unpaired) electrons. The first-order chi connectivity index (χ1) is 11.4. The molecule has 0 aliphatic rings. The van der Waals surface area contributed by atoms with Crippen LogP contribution in [0.25, 0.3) is 21.9 Å². The zero-order valence-corrected chi connectivity index (χ0v) is 14.9. The maximum atomic E-state index is 6.36. The van der Waals surface area contributed by atoms with Gasteiger partial charge in [0.15, 0.2) is 0 Å². The van der Waals surface area contributed by atoms with E-state index in [9.17, 15) is 0 Å². The van der Waals surface area contributed by atoms with E-state index in [1.807, 2.05) is 12.4 Å². The third-order valence-corrected chi connectivity index (χ3v) is 4.83. The number of rotatable bonds is 4. The van der Waals surface area contributed by atoms with E-state index in [1.54, 1.807) is 0 Å². The molecule has 0 saturated carbocycles. The number of hydrogen-bond donors (Lipinski definition) is 1. The SMILES string of the molecule is CCC(C)(N)c1ccc(-c2ccc3cnccc3c2N(C)C)cc1. The third kappa shape index (κ3) is 2.87. The Bertz CT molecular complexity index is 849. The first-order valence-corrected chi connectivity index (χ1v) is 8.38. The second kappa shape index (κ2) is 6.25. The van der Waals surface area contributed by atoms with E-state index in [0.717, 1.165) is 11.8 Å². The predicted octanol–water partition coefficient (Wildman–Crippen LogP) is 4.55. The van der Waals surface area contributed by atoms with Crippen LogP contribution < -0.4 is 10.6 Å². The number of pyridine rings is 1. The third-order valence-electron chi connectivity index (χ3n) is 4.83. The van der Waals surface area contributed by atoms with E-state index in [4.69, 9.17) is 5.73 Å². The first-order valence-electron chi connectivity index (χ1n) is 8.38. The summed E-state index contributed by atoms with van der Waals surface area (Å²) in [6.45, 7) is 4.20. The molecule has 2 aromatic carbocycles. The molecule has 0 aliphatic carbocycles. The molecule has 24 heavy (non-hydrogen) atoms. The van der Waals surface area contributed by atoms with Crippen molar-refractivity contribution in [2.45, 2.75) is 25.8 Å². The van der Waals surface area contributed by atoms with E-state index in [2.05, 4.69) is 80.3 Å². The summed E-state index contributed by atoms with van der Waals surface area (Å²) in [5.41, 5.74) is 10.9. The molecule has 3 nitrogen and oxygen atoms in total. The summed E-state index contributed by atoms with van der Waals surface area (Å²) in [5.74, 6) is 0. The van der Waals surface area contributed by atoms with Crippen LogP contribution in [0, 0.1) is 0 Å². The van der Waals surface area contributed by atoms with Crippen molar-refractivity contribution in [3.8, 4) is 11.1 Å². The molecule has 0 aliphatic heterocycles. The average molecular weight is 319 g/mol. The Hall–Kier alpha value is -2.39. The zero-order chi connectivity index (χ0) is 17.3. The van der Waals surface area contributed by atoms with E-state index in [0.29, 0.717) is 0 Å². The number of fused-ring (bicyclic) bond motifs is 1. The molecule has 1 aromatic heterocycles. The summed E-state index contributed by atoms with van der Waals surface area (Å²) >= 11 is 0. The van der Waals surface area contributed by atoms with Gasteiger partial charge >= 0.3 is 0 Å². The Labute approximate surface area is 144 Å². The zero-order valence-electron chi connectivity index (χ0n) is 14.9. The molecule has 1 heterocycles. The van der Waals surface area contributed by atoms with Crippen molar-refractivity contribution in [2.75, 3.05) is 19.0 Å². The average Bonchev–Trinajstić information content (AvgIpc) is 2.60. The monoisotopic (exact) mass is 319 g/mol. The molecule has 0 spiro atoms. The van der Waals surface area contributed by atoms with Crippen molar-refractivity contribution < 1.29 is 0 Å². The van der Waals surface area contributed by atoms with Gasteiger partial charge in [0.2, 0.25) is 0 Å². The highest BCUT2D eigenvalue weighted by atomic mass is 15.1. The number of anilines is 1. The Kier molecular flexibility index (Phi) is 4.29. The van der Waals surface area contributed by atoms with E-state index < -0.39 is 0 Å². The quantitative estimate of drug-likeness (QED) is 0.767. The van der Waals surface area contributed by atoms with Gasteiger partial charge in [0, 0.05) is 48.4 Å². The van der Waals surface area contributed by atoms with Gasteiger partial charge < -0.3 is 10.6 Å². The van der Waals surface area contributed by atoms with E-state index >= 15 is 0 Å². The summed E-state index contributed by atoms with van der Waals surface area (Å²) in [5, 5.41) is 2.37. The molecular formula is C21H25N3. The van der Waals surface area contributed by atoms with Crippen LogP contribution in [0.5, 0.6) is 0 Å². The standard InChI is InChI=1S/C21H25N3/c1-5-21(2,22)17-9-6-15(7-10-17)18-11-8-16-14-23-13-12-19(16)20(18)24(3)4/h6-14H,5,22H2,1-4H3. The summed E-state index contributed by atoms with van der Waals surface area (Å²) < 4.78 is 0. The van der Waals surface area contributed by atoms with E-state index in [-0.39, 0.29) is 5.54 Å². The normalized spacial score (nSPS) is 13.7. The van der Waals surface area contributed by atoms with Crippen LogP contribution >= 0.6 is 0 Å². The number of hydrogen-bond acceptors (Lipinski definition) is 3. The lowest BCUT2D eigenvalue weighted by Crippen LogP contribution is -2.31. The van der Waals surface area contributed by atoms with Crippen molar-refractivity contribution in [2.24, 2.45) is 5.73 Å². The molecule has 2 N–H and O–H groups in total. The fourth-order valence-corrected chi connectivity index (χ4v) is 3.10. The molecule has 3 heteroatoms. The van der Waals surface area contributed by atoms with Gasteiger partial charge in [-0.3, -0.25) is 4.98 Å². The topological polar surface area (TPSA) is 42.1 Å². The van der Waals surface area contributed by atoms with Gasteiger partial charge in [-0.25, -0.2) is 0 Å². The molecular weight excluding hydrogens is 294 g/mol. The second-order valence-electron chi connectivity index (χ2n) is 6.80. The lowest BCUT2D eigenvalue weighted by molar-refractivity contribution is 0.476. The fourth-order valence-electron chi connectivity index (χ4n) is 3.10. The molecule has 3 rings (SSSR count). The molecule has 1 unspecified atom stereocenters. The summed E-state index contributed by atoms with van der Waals surface area (Å²) in [4.78, 5) is 6.40. The minimum Gasteiger partial charge on any atom is -0.377 e. The maximum Gasteiger partial charge on any atom is 0.0521 e. The Morgan fingerprint density at radius 1 is 1.04 bits per heavy atom. The van der Waals surface area contributed by atoms with Crippen LogP contribution in [0.15, 0.2) is 54.9 Å². The molecule has 124 valence electrons. The molecule has 0 fully saturated rings. The Balaban J connectivity index is 2.14. The van der Waals surface area contributed by atoms with Crippen molar-refractivity contribution in [3.63, 3.8) is 0 Å². The fraction of sp³-hybridized carbons (Fsp3) is 0.286. The Morgan fingerprint density at radius 3 is 2.38 bits per heavy atom. The summed E-state index contributed by atoms with van der Waals surface area (Å²) in [6.07, 6.45) is 4.68. The van der Waals surface area contributed by atoms with Gasteiger partial charge in [0.25, 0.3) is 0 Å². The highest BCUT2D eigenvalue weighted by Crippen LogP contribution is 2.37. The van der Waals surface area contributed by atoms with Gasteiger partial charge in [-0.05, 0) is 30.5 Å². The Morgan fingerprint density at radius 2 is 1.75 bits per heavy atom. The summed E-state index contributed by atoms with van der Waals surface area (Å²) in [6, 6.07) is 15.0. The van der Waals surface area contributed by atoms with Crippen LogP contribution in [0.3, 0.4) is 0 Å². The van der Waals surface area contributed by atoms with E-state index in [1.165, 1.54) is 27.8 Å². The lowest BCUT2D eigenvalue weighted by Gasteiger charge is -2.24. The highest BCUT2D eigenvalue weighted by molar-refractivity contribution is 6.01. The number of nitrogens with two attached hydrogens (primary N) is 1. The van der Waals surface area contributed by atoms with Crippen molar-refractivity contribution in [3.05, 3.63) is 60.4 Å². The molecule has 1 atom stereocenters. The van der Waals surface area contributed by atoms with Gasteiger partial charge in [-0.2, -0.15) is 0 Å². The van der Waals surface area contributed by atoms with Crippen LogP contribution in [-0.2, 0) is 5.54 Å². The lowest BCUT2D eigenvalue weighted by atomic mass is 9.89. The highest BCUT2D eigenvalue weighted by Gasteiger charge is 2.19. The van der Waals surface area contributed by atoms with Crippen LogP contribution in [0.1, 0.15) is 25.8 Å². The largest absolute Gasteiger partial charge is 0.377 e. The van der Waals surface area contributed by atoms with Crippen LogP contribution in [0.2, 0.25) is 0 Å². The molecule has 3 aromatic rings. The van der Waals surface area contributed by atoms with Crippen molar-refractivity contribution >= 4 is 16.5 Å². The van der Waals surface area contributed by atoms with Gasteiger partial charge in [-0.15, -0.1) is 0 Å². The minimum atomic E-state index is -0.280. The second-order valence-corrected chi connectivity index (χ2v) is 6.80. The smallest absolute Gasteiger partial charge is 0.0521 e. The van der Waals surface area contributed by atoms with Crippen molar-refractivity contribution in [1.29, 1.82) is 0 Å². The van der Waals surface area contributed by atoms with Crippen molar-refractivity contribution in [1.82, 2.24) is 4.98 Å². The van der Waals surface area contributed by atoms with Crippen LogP contribution in [-0.4, -0.2) is 19.1 Å². The summed E-state index contributed by atoms with van der Waals surface area (Å²) in [7, 11) is 4.17. The van der Waals surface area contributed by atoms with Gasteiger partial charge in [-0.1, -0.05) is 43.3 Å². The van der Waals surface area contributed by atoms with Gasteiger partial charge in [0.05, 0.1) is 5.69 Å².